The molecule has 1 aliphatic heterocycles. The number of esters is 1. The van der Waals surface area contributed by atoms with Crippen molar-refractivity contribution in [3.63, 3.8) is 0 Å². The van der Waals surface area contributed by atoms with Gasteiger partial charge < -0.3 is 14.8 Å². The molecule has 0 unspecified atom stereocenters. The Labute approximate surface area is 156 Å². The first-order valence-corrected chi connectivity index (χ1v) is 9.10. The molecule has 1 aromatic rings. The predicted molar refractivity (Wildman–Crippen MR) is 93.5 cm³/mol. The van der Waals surface area contributed by atoms with Crippen LogP contribution in [0.15, 0.2) is 24.3 Å². The highest BCUT2D eigenvalue weighted by atomic mass is 19.1. The van der Waals surface area contributed by atoms with E-state index in [2.05, 4.69) is 5.32 Å². The van der Waals surface area contributed by atoms with Crippen LogP contribution in [0.3, 0.4) is 0 Å². The number of halogens is 1. The smallest absolute Gasteiger partial charge is 0.326 e. The second kappa shape index (κ2) is 7.94. The molecule has 1 heterocycles. The maximum absolute atomic E-state index is 12.8. The van der Waals surface area contributed by atoms with E-state index in [1.54, 1.807) is 0 Å². The number of carbonyl (C=O) groups is 3. The second-order valence-corrected chi connectivity index (χ2v) is 6.96. The molecule has 7 nitrogen and oxygen atoms in total. The molecule has 0 bridgehead atoms. The quantitative estimate of drug-likeness (QED) is 0.466. The minimum absolute atomic E-state index is 0.0350. The van der Waals surface area contributed by atoms with E-state index in [0.29, 0.717) is 12.2 Å². The summed E-state index contributed by atoms with van der Waals surface area (Å²) in [7, 11) is 0. The van der Waals surface area contributed by atoms with Gasteiger partial charge >= 0.3 is 12.0 Å². The zero-order chi connectivity index (χ0) is 19.4. The summed E-state index contributed by atoms with van der Waals surface area (Å²) in [5.74, 6) is -0.907. The van der Waals surface area contributed by atoms with E-state index in [0.717, 1.165) is 24.2 Å². The molecular weight excluding hydrogens is 355 g/mol. The lowest BCUT2D eigenvalue weighted by atomic mass is 9.73. The molecule has 2 fully saturated rings. The summed E-state index contributed by atoms with van der Waals surface area (Å²) < 4.78 is 23.2. The Morgan fingerprint density at radius 3 is 2.70 bits per heavy atom. The monoisotopic (exact) mass is 378 g/mol. The first-order chi connectivity index (χ1) is 12.9. The first-order valence-electron chi connectivity index (χ1n) is 9.10. The molecule has 2 atom stereocenters. The number of hydrogen-bond acceptors (Lipinski definition) is 5. The number of ether oxygens (including phenoxy) is 2. The molecule has 3 rings (SSSR count). The summed E-state index contributed by atoms with van der Waals surface area (Å²) >= 11 is 0. The fraction of sp³-hybridized carbons (Fsp3) is 0.526. The summed E-state index contributed by atoms with van der Waals surface area (Å²) in [5, 5.41) is 2.79. The van der Waals surface area contributed by atoms with Crippen LogP contribution in [-0.4, -0.2) is 48.1 Å². The third-order valence-corrected chi connectivity index (χ3v) is 5.22. The number of rotatable bonds is 6. The number of nitrogens with zero attached hydrogens (tertiary/aromatic N) is 1. The van der Waals surface area contributed by atoms with E-state index >= 15 is 0 Å². The molecule has 1 aliphatic carbocycles. The Balaban J connectivity index is 1.47. The van der Waals surface area contributed by atoms with Crippen molar-refractivity contribution < 1.29 is 28.2 Å². The van der Waals surface area contributed by atoms with Gasteiger partial charge in [0, 0.05) is 0 Å². The lowest BCUT2D eigenvalue weighted by Gasteiger charge is -2.36. The van der Waals surface area contributed by atoms with Crippen molar-refractivity contribution >= 4 is 17.9 Å². The molecule has 2 aliphatic rings. The zero-order valence-corrected chi connectivity index (χ0v) is 15.2. The van der Waals surface area contributed by atoms with Crippen molar-refractivity contribution in [2.75, 3.05) is 19.8 Å². The molecule has 3 amide bonds. The van der Waals surface area contributed by atoms with Crippen LogP contribution in [0.1, 0.15) is 32.6 Å². The summed E-state index contributed by atoms with van der Waals surface area (Å²) in [5.41, 5.74) is -0.888. The van der Waals surface area contributed by atoms with E-state index in [1.807, 2.05) is 6.92 Å². The maximum atomic E-state index is 12.8. The van der Waals surface area contributed by atoms with Crippen LogP contribution >= 0.6 is 0 Å². The predicted octanol–water partition coefficient (Wildman–Crippen LogP) is 2.25. The van der Waals surface area contributed by atoms with Gasteiger partial charge in [-0.3, -0.25) is 14.5 Å². The number of urea groups is 1. The summed E-state index contributed by atoms with van der Waals surface area (Å²) in [4.78, 5) is 37.9. The minimum atomic E-state index is -0.888. The summed E-state index contributed by atoms with van der Waals surface area (Å²) in [6.45, 7) is 1.57. The highest BCUT2D eigenvalue weighted by molar-refractivity contribution is 6.08. The van der Waals surface area contributed by atoms with Crippen molar-refractivity contribution in [1.82, 2.24) is 10.2 Å². The van der Waals surface area contributed by atoms with Crippen molar-refractivity contribution in [3.8, 4) is 5.75 Å². The molecule has 27 heavy (non-hydrogen) atoms. The van der Waals surface area contributed by atoms with Crippen molar-refractivity contribution in [1.29, 1.82) is 0 Å². The van der Waals surface area contributed by atoms with Crippen molar-refractivity contribution in [3.05, 3.63) is 30.1 Å². The summed E-state index contributed by atoms with van der Waals surface area (Å²) in [6, 6.07) is 4.92. The standard InChI is InChI=1S/C19H23FN2O5/c1-13-4-2-3-9-19(13)17(24)22(18(25)21-19)12-16(23)27-11-10-26-15-7-5-14(20)6-8-15/h5-8,13H,2-4,9-12H2,1H3,(H,21,25)/t13-,19-/m0/s1. The topological polar surface area (TPSA) is 84.9 Å². The molecule has 1 aromatic carbocycles. The molecule has 0 radical (unpaired) electrons. The fourth-order valence-corrected chi connectivity index (χ4v) is 3.66. The van der Waals surface area contributed by atoms with E-state index in [1.165, 1.54) is 24.3 Å². The van der Waals surface area contributed by atoms with Gasteiger partial charge in [0.05, 0.1) is 0 Å². The lowest BCUT2D eigenvalue weighted by Crippen LogP contribution is -2.54. The molecular formula is C19H23FN2O5. The van der Waals surface area contributed by atoms with Crippen LogP contribution in [0.4, 0.5) is 9.18 Å². The average molecular weight is 378 g/mol. The Bertz CT molecular complexity index is 723. The van der Waals surface area contributed by atoms with Crippen LogP contribution in [0.5, 0.6) is 5.75 Å². The lowest BCUT2D eigenvalue weighted by molar-refractivity contribution is -0.149. The van der Waals surface area contributed by atoms with Gasteiger partial charge in [0.1, 0.15) is 36.9 Å². The summed E-state index contributed by atoms with van der Waals surface area (Å²) in [6.07, 6.45) is 3.36. The Hall–Kier alpha value is -2.64. The van der Waals surface area contributed by atoms with Gasteiger partial charge in [0.2, 0.25) is 0 Å². The largest absolute Gasteiger partial charge is 0.490 e. The van der Waals surface area contributed by atoms with Crippen LogP contribution in [0, 0.1) is 11.7 Å². The van der Waals surface area contributed by atoms with Gasteiger partial charge in [0.15, 0.2) is 0 Å². The number of amides is 3. The van der Waals surface area contributed by atoms with E-state index < -0.39 is 24.1 Å². The SMILES string of the molecule is C[C@H]1CCCC[C@]12NC(=O)N(CC(=O)OCCOc1ccc(F)cc1)C2=O. The average Bonchev–Trinajstić information content (AvgIpc) is 2.88. The fourth-order valence-electron chi connectivity index (χ4n) is 3.66. The highest BCUT2D eigenvalue weighted by Crippen LogP contribution is 2.38. The van der Waals surface area contributed by atoms with Gasteiger partial charge in [0.25, 0.3) is 5.91 Å². The maximum Gasteiger partial charge on any atom is 0.326 e. The molecule has 8 heteroatoms. The Morgan fingerprint density at radius 1 is 1.26 bits per heavy atom. The van der Waals surface area contributed by atoms with Gasteiger partial charge in [-0.1, -0.05) is 19.8 Å². The van der Waals surface area contributed by atoms with Crippen molar-refractivity contribution in [2.45, 2.75) is 38.1 Å². The first kappa shape index (κ1) is 19.1. The van der Waals surface area contributed by atoms with Crippen LogP contribution in [0.25, 0.3) is 0 Å². The molecule has 1 spiro atoms. The molecule has 0 aromatic heterocycles. The Morgan fingerprint density at radius 2 is 2.00 bits per heavy atom. The zero-order valence-electron chi connectivity index (χ0n) is 15.2. The van der Waals surface area contributed by atoms with Gasteiger partial charge in [-0.15, -0.1) is 0 Å². The number of benzene rings is 1. The van der Waals surface area contributed by atoms with E-state index in [4.69, 9.17) is 9.47 Å². The molecule has 1 saturated carbocycles. The molecule has 146 valence electrons. The highest BCUT2D eigenvalue weighted by Gasteiger charge is 2.55. The van der Waals surface area contributed by atoms with Gasteiger partial charge in [-0.05, 0) is 43.0 Å². The van der Waals surface area contributed by atoms with Crippen LogP contribution < -0.4 is 10.1 Å². The number of carbonyl (C=O) groups excluding carboxylic acids is 3. The third kappa shape index (κ3) is 4.04. The molecule has 1 saturated heterocycles. The Kier molecular flexibility index (Phi) is 5.62. The number of nitrogens with one attached hydrogen (secondary N) is 1. The number of hydrogen-bond donors (Lipinski definition) is 1. The molecule has 1 N–H and O–H groups in total. The van der Waals surface area contributed by atoms with Crippen molar-refractivity contribution in [2.24, 2.45) is 5.92 Å². The third-order valence-electron chi connectivity index (χ3n) is 5.22. The number of imide groups is 1. The van der Waals surface area contributed by atoms with E-state index in [-0.39, 0.29) is 30.9 Å². The second-order valence-electron chi connectivity index (χ2n) is 6.96. The van der Waals surface area contributed by atoms with Gasteiger partial charge in [-0.2, -0.15) is 0 Å². The van der Waals surface area contributed by atoms with Crippen LogP contribution in [-0.2, 0) is 14.3 Å². The minimum Gasteiger partial charge on any atom is -0.490 e. The van der Waals surface area contributed by atoms with Gasteiger partial charge in [-0.25, -0.2) is 9.18 Å². The van der Waals surface area contributed by atoms with E-state index in [9.17, 15) is 18.8 Å². The van der Waals surface area contributed by atoms with Crippen LogP contribution in [0.2, 0.25) is 0 Å². The normalized spacial score (nSPS) is 24.8.